The maximum Gasteiger partial charge on any atom is 0.387 e. The number of hydrogen-bond acceptors (Lipinski definition) is 3. The lowest BCUT2D eigenvalue weighted by molar-refractivity contribution is -0.0498. The molecule has 1 N–H and O–H groups in total. The van der Waals surface area contributed by atoms with Crippen molar-refractivity contribution in [3.63, 3.8) is 0 Å². The first-order valence-corrected chi connectivity index (χ1v) is 7.23. The number of carbonyl (C=O) groups excluding carboxylic acids is 1. The van der Waals surface area contributed by atoms with Gasteiger partial charge in [0.15, 0.2) is 0 Å². The van der Waals surface area contributed by atoms with Crippen LogP contribution in [-0.2, 0) is 0 Å². The Hall–Kier alpha value is -1.69. The summed E-state index contributed by atoms with van der Waals surface area (Å²) in [5, 5.41) is 3.35. The topological polar surface area (TPSA) is 41.6 Å². The highest BCUT2D eigenvalue weighted by atomic mass is 19.3. The number of carbonyl (C=O) groups is 1. The van der Waals surface area contributed by atoms with Gasteiger partial charge in [-0.1, -0.05) is 0 Å². The van der Waals surface area contributed by atoms with Gasteiger partial charge in [-0.15, -0.1) is 0 Å². The van der Waals surface area contributed by atoms with E-state index in [0.29, 0.717) is 5.56 Å². The second-order valence-corrected chi connectivity index (χ2v) is 5.49. The van der Waals surface area contributed by atoms with Gasteiger partial charge in [-0.05, 0) is 50.1 Å². The zero-order chi connectivity index (χ0) is 14.8. The summed E-state index contributed by atoms with van der Waals surface area (Å²) >= 11 is 0. The molecular weight excluding hydrogens is 278 g/mol. The summed E-state index contributed by atoms with van der Waals surface area (Å²) in [4.78, 5) is 14.6. The molecule has 1 aromatic carbocycles. The van der Waals surface area contributed by atoms with E-state index >= 15 is 0 Å². The van der Waals surface area contributed by atoms with Crippen LogP contribution < -0.4 is 10.1 Å². The molecule has 4 nitrogen and oxygen atoms in total. The molecule has 0 spiro atoms. The van der Waals surface area contributed by atoms with E-state index in [-0.39, 0.29) is 23.7 Å². The lowest BCUT2D eigenvalue weighted by atomic mass is 10.1. The summed E-state index contributed by atoms with van der Waals surface area (Å²) in [5.41, 5.74) is 0.524. The number of rotatable bonds is 3. The van der Waals surface area contributed by atoms with Crippen molar-refractivity contribution in [1.82, 2.24) is 10.2 Å². The number of nitrogens with one attached hydrogen (secondary N) is 1. The number of nitrogens with zero attached hydrogens (tertiary/aromatic N) is 1. The molecule has 6 heteroatoms. The third kappa shape index (κ3) is 3.00. The standard InChI is InChI=1S/C15H18F2N2O2/c16-15(17)21-13-5-1-10(2-6-13)14(20)19-11-3-4-12(19)9-18-8-7-11/h1-2,5-6,11-12,15,18H,3-4,7-9H2. The van der Waals surface area contributed by atoms with E-state index in [2.05, 4.69) is 10.1 Å². The summed E-state index contributed by atoms with van der Waals surface area (Å²) in [6.07, 6.45) is 3.04. The molecule has 2 fully saturated rings. The SMILES string of the molecule is O=C(c1ccc(OC(F)F)cc1)N1C2CCNCC1CC2. The molecule has 2 aliphatic heterocycles. The van der Waals surface area contributed by atoms with Gasteiger partial charge in [0, 0.05) is 24.2 Å². The summed E-state index contributed by atoms with van der Waals surface area (Å²) in [7, 11) is 0. The van der Waals surface area contributed by atoms with Crippen molar-refractivity contribution in [2.75, 3.05) is 13.1 Å². The third-order valence-corrected chi connectivity index (χ3v) is 4.22. The molecule has 2 aliphatic rings. The minimum Gasteiger partial charge on any atom is -0.435 e. The van der Waals surface area contributed by atoms with Crippen molar-refractivity contribution >= 4 is 5.91 Å². The fraction of sp³-hybridized carbons (Fsp3) is 0.533. The van der Waals surface area contributed by atoms with Crippen molar-refractivity contribution in [3.05, 3.63) is 29.8 Å². The smallest absolute Gasteiger partial charge is 0.387 e. The maximum atomic E-state index is 12.7. The predicted molar refractivity (Wildman–Crippen MR) is 73.5 cm³/mol. The van der Waals surface area contributed by atoms with Crippen LogP contribution in [0.2, 0.25) is 0 Å². The maximum absolute atomic E-state index is 12.7. The molecule has 3 rings (SSSR count). The van der Waals surface area contributed by atoms with Crippen LogP contribution in [0.25, 0.3) is 0 Å². The van der Waals surface area contributed by atoms with E-state index in [1.807, 2.05) is 4.90 Å². The molecule has 114 valence electrons. The summed E-state index contributed by atoms with van der Waals surface area (Å²) in [6.45, 7) is -1.08. The van der Waals surface area contributed by atoms with Crippen molar-refractivity contribution in [1.29, 1.82) is 0 Å². The Balaban J connectivity index is 1.75. The summed E-state index contributed by atoms with van der Waals surface area (Å²) in [5.74, 6) is 0.0526. The summed E-state index contributed by atoms with van der Waals surface area (Å²) < 4.78 is 28.5. The fourth-order valence-corrected chi connectivity index (χ4v) is 3.24. The zero-order valence-corrected chi connectivity index (χ0v) is 11.6. The van der Waals surface area contributed by atoms with Gasteiger partial charge in [-0.3, -0.25) is 4.79 Å². The van der Waals surface area contributed by atoms with Crippen LogP contribution in [0.5, 0.6) is 5.75 Å². The average Bonchev–Trinajstić information content (AvgIpc) is 2.71. The van der Waals surface area contributed by atoms with Gasteiger partial charge in [0.1, 0.15) is 5.75 Å². The quantitative estimate of drug-likeness (QED) is 0.930. The number of alkyl halides is 2. The van der Waals surface area contributed by atoms with E-state index in [0.717, 1.165) is 32.4 Å². The largest absolute Gasteiger partial charge is 0.435 e. The molecule has 2 saturated heterocycles. The van der Waals surface area contributed by atoms with Gasteiger partial charge in [0.2, 0.25) is 0 Å². The highest BCUT2D eigenvalue weighted by Crippen LogP contribution is 2.30. The first-order chi connectivity index (χ1) is 10.1. The second-order valence-electron chi connectivity index (χ2n) is 5.49. The summed E-state index contributed by atoms with van der Waals surface area (Å²) in [6, 6.07) is 6.46. The lowest BCUT2D eigenvalue weighted by Crippen LogP contribution is -2.42. The molecule has 2 unspecified atom stereocenters. The molecule has 21 heavy (non-hydrogen) atoms. The highest BCUT2D eigenvalue weighted by Gasteiger charge is 2.38. The van der Waals surface area contributed by atoms with Gasteiger partial charge in [0.05, 0.1) is 0 Å². The van der Waals surface area contributed by atoms with E-state index < -0.39 is 6.61 Å². The molecular formula is C15H18F2N2O2. The molecule has 2 heterocycles. The Bertz CT molecular complexity index is 493. The third-order valence-electron chi connectivity index (χ3n) is 4.22. The first kappa shape index (κ1) is 14.3. The molecule has 1 amide bonds. The van der Waals surface area contributed by atoms with Gasteiger partial charge in [-0.2, -0.15) is 8.78 Å². The number of hydrogen-bond donors (Lipinski definition) is 1. The van der Waals surface area contributed by atoms with Gasteiger partial charge in [-0.25, -0.2) is 0 Å². The minimum atomic E-state index is -2.85. The van der Waals surface area contributed by atoms with Crippen molar-refractivity contribution < 1.29 is 18.3 Å². The number of ether oxygens (including phenoxy) is 1. The van der Waals surface area contributed by atoms with Gasteiger partial charge < -0.3 is 15.0 Å². The Labute approximate surface area is 122 Å². The van der Waals surface area contributed by atoms with Crippen LogP contribution in [0.1, 0.15) is 29.6 Å². The van der Waals surface area contributed by atoms with Crippen LogP contribution in [0, 0.1) is 0 Å². The van der Waals surface area contributed by atoms with Crippen LogP contribution >= 0.6 is 0 Å². The Morgan fingerprint density at radius 1 is 1.19 bits per heavy atom. The van der Waals surface area contributed by atoms with Crippen LogP contribution in [0.3, 0.4) is 0 Å². The Morgan fingerprint density at radius 2 is 1.90 bits per heavy atom. The van der Waals surface area contributed by atoms with Gasteiger partial charge >= 0.3 is 6.61 Å². The molecule has 1 aromatic rings. The van der Waals surface area contributed by atoms with E-state index in [9.17, 15) is 13.6 Å². The van der Waals surface area contributed by atoms with Crippen LogP contribution in [0.15, 0.2) is 24.3 Å². The Kier molecular flexibility index (Phi) is 4.05. The molecule has 2 bridgehead atoms. The van der Waals surface area contributed by atoms with Gasteiger partial charge in [0.25, 0.3) is 5.91 Å². The van der Waals surface area contributed by atoms with E-state index in [1.165, 1.54) is 12.1 Å². The van der Waals surface area contributed by atoms with Crippen LogP contribution in [-0.4, -0.2) is 42.6 Å². The molecule has 0 radical (unpaired) electrons. The lowest BCUT2D eigenvalue weighted by Gasteiger charge is -2.28. The monoisotopic (exact) mass is 296 g/mol. The normalized spacial score (nSPS) is 25.0. The van der Waals surface area contributed by atoms with Crippen molar-refractivity contribution in [3.8, 4) is 5.75 Å². The number of halogens is 2. The van der Waals surface area contributed by atoms with Crippen molar-refractivity contribution in [2.45, 2.75) is 38.0 Å². The molecule has 0 aliphatic carbocycles. The first-order valence-electron chi connectivity index (χ1n) is 7.23. The fourth-order valence-electron chi connectivity index (χ4n) is 3.24. The van der Waals surface area contributed by atoms with Crippen LogP contribution in [0.4, 0.5) is 8.78 Å². The van der Waals surface area contributed by atoms with Crippen molar-refractivity contribution in [2.24, 2.45) is 0 Å². The van der Waals surface area contributed by atoms with E-state index in [1.54, 1.807) is 12.1 Å². The predicted octanol–water partition coefficient (Wildman–Crippen LogP) is 2.25. The molecule has 0 aromatic heterocycles. The second kappa shape index (κ2) is 5.97. The molecule has 0 saturated carbocycles. The zero-order valence-electron chi connectivity index (χ0n) is 11.6. The minimum absolute atomic E-state index is 0.0187. The average molecular weight is 296 g/mol. The van der Waals surface area contributed by atoms with E-state index in [4.69, 9.17) is 0 Å². The number of amides is 1. The number of fused-ring (bicyclic) bond motifs is 2. The Morgan fingerprint density at radius 3 is 2.62 bits per heavy atom. The number of benzene rings is 1. The molecule has 2 atom stereocenters. The highest BCUT2D eigenvalue weighted by molar-refractivity contribution is 5.95.